The molecule has 0 aliphatic carbocycles. The molecule has 6 heteroatoms. The molecule has 0 radical (unpaired) electrons. The van der Waals surface area contributed by atoms with Crippen LogP contribution < -0.4 is 10.6 Å². The van der Waals surface area contributed by atoms with E-state index in [1.54, 1.807) is 10.6 Å². The van der Waals surface area contributed by atoms with Crippen LogP contribution in [0.2, 0.25) is 0 Å². The summed E-state index contributed by atoms with van der Waals surface area (Å²) in [5, 5.41) is 3.13. The van der Waals surface area contributed by atoms with Crippen molar-refractivity contribution in [2.45, 2.75) is 114 Å². The van der Waals surface area contributed by atoms with E-state index in [-0.39, 0.29) is 40.3 Å². The molecule has 0 aromatic heterocycles. The second kappa shape index (κ2) is 7.21. The summed E-state index contributed by atoms with van der Waals surface area (Å²) in [6.07, 6.45) is 0.805. The summed E-state index contributed by atoms with van der Waals surface area (Å²) in [4.78, 5) is 0. The lowest BCUT2D eigenvalue weighted by molar-refractivity contribution is -0.147. The standard InChI is InChI=1S/C24H36O4P2/c1-13-19-20(26-23(5,6)25-19)14(2)29(13)17-11-9-10-12-18(17)30-15(3)21-22(16(30)4)28-24(7,8)27-21/h9-16,19-22H,1-8H3/t13-,14-,15-,16-,19+,20+,21+,22+/m0/s1. The van der Waals surface area contributed by atoms with Crippen LogP contribution in [0.4, 0.5) is 0 Å². The van der Waals surface area contributed by atoms with E-state index in [0.29, 0.717) is 22.6 Å². The molecule has 0 unspecified atom stereocenters. The van der Waals surface area contributed by atoms with E-state index in [0.717, 1.165) is 0 Å². The van der Waals surface area contributed by atoms with Gasteiger partial charge in [-0.2, -0.15) is 0 Å². The van der Waals surface area contributed by atoms with E-state index >= 15 is 0 Å². The third kappa shape index (κ3) is 3.25. The first-order valence-electron chi connectivity index (χ1n) is 11.4. The van der Waals surface area contributed by atoms with Gasteiger partial charge in [0.05, 0.1) is 24.4 Å². The highest BCUT2D eigenvalue weighted by molar-refractivity contribution is 7.73. The third-order valence-corrected chi connectivity index (χ3v) is 14.2. The second-order valence-electron chi connectivity index (χ2n) is 10.4. The van der Waals surface area contributed by atoms with Gasteiger partial charge in [-0.05, 0) is 38.3 Å². The lowest BCUT2D eigenvalue weighted by Crippen LogP contribution is -2.34. The summed E-state index contributed by atoms with van der Waals surface area (Å²) in [7, 11) is -0.723. The number of fused-ring (bicyclic) bond motifs is 2. The van der Waals surface area contributed by atoms with Gasteiger partial charge in [0, 0.05) is 22.6 Å². The van der Waals surface area contributed by atoms with Gasteiger partial charge >= 0.3 is 0 Å². The minimum absolute atomic E-state index is 0.201. The van der Waals surface area contributed by atoms with Gasteiger partial charge in [-0.15, -0.1) is 0 Å². The van der Waals surface area contributed by atoms with Crippen LogP contribution in [0.5, 0.6) is 0 Å². The van der Waals surface area contributed by atoms with Crippen molar-refractivity contribution in [1.82, 2.24) is 0 Å². The fourth-order valence-corrected chi connectivity index (χ4v) is 13.6. The number of hydrogen-bond acceptors (Lipinski definition) is 4. The number of ether oxygens (including phenoxy) is 4. The summed E-state index contributed by atoms with van der Waals surface area (Å²) in [6, 6.07) is 9.22. The fourth-order valence-electron chi connectivity index (χ4n) is 6.28. The topological polar surface area (TPSA) is 36.9 Å². The van der Waals surface area contributed by atoms with Crippen molar-refractivity contribution >= 4 is 26.5 Å². The fraction of sp³-hybridized carbons (Fsp3) is 0.750. The summed E-state index contributed by atoms with van der Waals surface area (Å²) >= 11 is 0. The van der Waals surface area contributed by atoms with Gasteiger partial charge in [-0.1, -0.05) is 67.8 Å². The van der Waals surface area contributed by atoms with E-state index in [1.807, 2.05) is 27.7 Å². The van der Waals surface area contributed by atoms with Crippen molar-refractivity contribution in [3.05, 3.63) is 24.3 Å². The average Bonchev–Trinajstić information content (AvgIpc) is 3.29. The number of rotatable bonds is 2. The Balaban J connectivity index is 1.48. The van der Waals surface area contributed by atoms with Crippen molar-refractivity contribution in [2.75, 3.05) is 0 Å². The van der Waals surface area contributed by atoms with Gasteiger partial charge in [0.1, 0.15) is 0 Å². The van der Waals surface area contributed by atoms with Crippen LogP contribution in [0.1, 0.15) is 55.4 Å². The molecule has 0 N–H and O–H groups in total. The smallest absolute Gasteiger partial charge is 0.163 e. The molecule has 4 nitrogen and oxygen atoms in total. The summed E-state index contributed by atoms with van der Waals surface area (Å²) in [6.45, 7) is 17.7. The Morgan fingerprint density at radius 3 is 1.10 bits per heavy atom. The van der Waals surface area contributed by atoms with Crippen LogP contribution in [-0.4, -0.2) is 58.6 Å². The monoisotopic (exact) mass is 450 g/mol. The van der Waals surface area contributed by atoms with Gasteiger partial charge in [0.15, 0.2) is 11.6 Å². The van der Waals surface area contributed by atoms with E-state index in [1.165, 1.54) is 0 Å². The Kier molecular flexibility index (Phi) is 5.23. The Morgan fingerprint density at radius 2 is 0.833 bits per heavy atom. The van der Waals surface area contributed by atoms with Gasteiger partial charge < -0.3 is 18.9 Å². The van der Waals surface area contributed by atoms with Gasteiger partial charge in [-0.3, -0.25) is 0 Å². The van der Waals surface area contributed by atoms with Crippen molar-refractivity contribution in [2.24, 2.45) is 0 Å². The molecule has 0 spiro atoms. The molecule has 166 valence electrons. The van der Waals surface area contributed by atoms with Crippen LogP contribution in [0.3, 0.4) is 0 Å². The Labute approximate surface area is 183 Å². The molecular weight excluding hydrogens is 414 g/mol. The molecule has 4 aliphatic heterocycles. The summed E-state index contributed by atoms with van der Waals surface area (Å²) in [5.74, 6) is -0.924. The van der Waals surface area contributed by atoms with Crippen LogP contribution in [-0.2, 0) is 18.9 Å². The molecule has 5 rings (SSSR count). The highest BCUT2D eigenvalue weighted by Crippen LogP contribution is 2.63. The third-order valence-electron chi connectivity index (χ3n) is 7.42. The first-order chi connectivity index (χ1) is 14.0. The Bertz CT molecular complexity index is 720. The summed E-state index contributed by atoms with van der Waals surface area (Å²) < 4.78 is 25.4. The van der Waals surface area contributed by atoms with Crippen molar-refractivity contribution in [1.29, 1.82) is 0 Å². The predicted octanol–water partition coefficient (Wildman–Crippen LogP) is 4.52. The SMILES string of the molecule is C[C@H]1[C@H]2OC(C)(C)O[C@@H]2[C@H](C)P1c1ccccc1P1[C@@H](C)[C@H]2OC(C)(C)O[C@@H]2[C@@H]1C. The predicted molar refractivity (Wildman–Crippen MR) is 125 cm³/mol. The normalized spacial score (nSPS) is 48.7. The maximum absolute atomic E-state index is 6.36. The highest BCUT2D eigenvalue weighted by Gasteiger charge is 2.58. The molecule has 0 saturated carbocycles. The maximum atomic E-state index is 6.36. The second-order valence-corrected chi connectivity index (χ2v) is 16.2. The minimum Gasteiger partial charge on any atom is -0.344 e. The van der Waals surface area contributed by atoms with Crippen molar-refractivity contribution < 1.29 is 18.9 Å². The van der Waals surface area contributed by atoms with Gasteiger partial charge in [-0.25, -0.2) is 0 Å². The lowest BCUT2D eigenvalue weighted by atomic mass is 10.1. The van der Waals surface area contributed by atoms with Gasteiger partial charge in [0.25, 0.3) is 0 Å². The van der Waals surface area contributed by atoms with Crippen molar-refractivity contribution in [3.63, 3.8) is 0 Å². The minimum atomic E-state index is -0.462. The molecule has 8 atom stereocenters. The molecule has 0 bridgehead atoms. The zero-order valence-electron chi connectivity index (χ0n) is 19.5. The van der Waals surface area contributed by atoms with E-state index < -0.39 is 11.6 Å². The zero-order chi connectivity index (χ0) is 21.6. The first-order valence-corrected chi connectivity index (χ1v) is 14.3. The molecule has 4 aliphatic rings. The molecular formula is C24H36O4P2. The Hall–Kier alpha value is -0.0800. The van der Waals surface area contributed by atoms with Gasteiger partial charge in [0.2, 0.25) is 0 Å². The Morgan fingerprint density at radius 1 is 0.567 bits per heavy atom. The van der Waals surface area contributed by atoms with Crippen LogP contribution in [0.25, 0.3) is 0 Å². The maximum Gasteiger partial charge on any atom is 0.163 e. The van der Waals surface area contributed by atoms with Crippen LogP contribution >= 0.6 is 15.8 Å². The molecule has 1 aromatic rings. The van der Waals surface area contributed by atoms with Crippen molar-refractivity contribution in [3.8, 4) is 0 Å². The number of benzene rings is 1. The largest absolute Gasteiger partial charge is 0.344 e. The van der Waals surface area contributed by atoms with E-state index in [2.05, 4.69) is 52.0 Å². The first kappa shape index (κ1) is 21.7. The molecule has 4 heterocycles. The zero-order valence-corrected chi connectivity index (χ0v) is 21.2. The molecule has 4 saturated heterocycles. The molecule has 1 aromatic carbocycles. The highest BCUT2D eigenvalue weighted by atomic mass is 31.1. The molecule has 30 heavy (non-hydrogen) atoms. The number of hydrogen-bond donors (Lipinski definition) is 0. The average molecular weight is 450 g/mol. The quantitative estimate of drug-likeness (QED) is 0.621. The van der Waals surface area contributed by atoms with E-state index in [4.69, 9.17) is 18.9 Å². The molecule has 0 amide bonds. The molecule has 4 fully saturated rings. The summed E-state index contributed by atoms with van der Waals surface area (Å²) in [5.41, 5.74) is 1.99. The van der Waals surface area contributed by atoms with Crippen LogP contribution in [0, 0.1) is 0 Å². The van der Waals surface area contributed by atoms with Crippen LogP contribution in [0.15, 0.2) is 24.3 Å². The lowest BCUT2D eigenvalue weighted by Gasteiger charge is -2.33. The van der Waals surface area contributed by atoms with E-state index in [9.17, 15) is 0 Å².